The molecule has 2 saturated heterocycles. The van der Waals surface area contributed by atoms with Crippen LogP contribution in [0.15, 0.2) is 42.6 Å². The molecule has 1 spiro atoms. The normalized spacial score (nSPS) is 22.3. The number of H-pyrrole nitrogens is 1. The average molecular weight is 334 g/mol. The maximum Gasteiger partial charge on any atom is 0.143 e. The summed E-state index contributed by atoms with van der Waals surface area (Å²) in [5, 5.41) is 1.11. The summed E-state index contributed by atoms with van der Waals surface area (Å²) in [5.41, 5.74) is 2.58. The van der Waals surface area contributed by atoms with Crippen LogP contribution in [0, 0.1) is 12.3 Å². The van der Waals surface area contributed by atoms with Gasteiger partial charge in [0.05, 0.1) is 11.4 Å². The molecule has 5 rings (SSSR count). The third kappa shape index (κ3) is 2.26. The fourth-order valence-corrected chi connectivity index (χ4v) is 4.56. The summed E-state index contributed by atoms with van der Waals surface area (Å²) < 4.78 is 5.65. The molecule has 1 atom stereocenters. The SMILES string of the molecule is Cc1nc(N2CC3(CCOCC3)C2c2ccccc2)c2cc[nH]c2n1. The highest BCUT2D eigenvalue weighted by molar-refractivity contribution is 5.88. The van der Waals surface area contributed by atoms with E-state index in [1.807, 2.05) is 13.1 Å². The Bertz CT molecular complexity index is 898. The summed E-state index contributed by atoms with van der Waals surface area (Å²) in [6, 6.07) is 13.3. The molecular weight excluding hydrogens is 312 g/mol. The molecule has 25 heavy (non-hydrogen) atoms. The second-order valence-corrected chi connectivity index (χ2v) is 7.25. The lowest BCUT2D eigenvalue weighted by Crippen LogP contribution is -2.61. The third-order valence-corrected chi connectivity index (χ3v) is 5.76. The monoisotopic (exact) mass is 334 g/mol. The van der Waals surface area contributed by atoms with Gasteiger partial charge < -0.3 is 14.6 Å². The molecule has 0 radical (unpaired) electrons. The number of fused-ring (bicyclic) bond motifs is 1. The second kappa shape index (κ2) is 5.56. The van der Waals surface area contributed by atoms with E-state index in [0.29, 0.717) is 11.5 Å². The number of nitrogens with one attached hydrogen (secondary N) is 1. The maximum atomic E-state index is 5.65. The molecule has 0 saturated carbocycles. The summed E-state index contributed by atoms with van der Waals surface area (Å²) in [6.07, 6.45) is 4.18. The average Bonchev–Trinajstić information content (AvgIpc) is 3.09. The van der Waals surface area contributed by atoms with Gasteiger partial charge in [0.15, 0.2) is 0 Å². The molecule has 1 aromatic carbocycles. The minimum atomic E-state index is 0.293. The highest BCUT2D eigenvalue weighted by Crippen LogP contribution is 2.56. The number of nitrogens with zero attached hydrogens (tertiary/aromatic N) is 3. The van der Waals surface area contributed by atoms with Crippen LogP contribution >= 0.6 is 0 Å². The van der Waals surface area contributed by atoms with Crippen molar-refractivity contribution in [1.82, 2.24) is 15.0 Å². The van der Waals surface area contributed by atoms with E-state index in [0.717, 1.165) is 55.3 Å². The summed E-state index contributed by atoms with van der Waals surface area (Å²) in [7, 11) is 0. The van der Waals surface area contributed by atoms with Crippen molar-refractivity contribution in [2.24, 2.45) is 5.41 Å². The van der Waals surface area contributed by atoms with Crippen LogP contribution in [0.3, 0.4) is 0 Å². The molecule has 2 aliphatic heterocycles. The molecule has 2 aromatic heterocycles. The van der Waals surface area contributed by atoms with Crippen molar-refractivity contribution in [2.45, 2.75) is 25.8 Å². The molecule has 3 aromatic rings. The molecule has 2 aliphatic rings. The van der Waals surface area contributed by atoms with Crippen molar-refractivity contribution in [3.05, 3.63) is 54.0 Å². The zero-order valence-electron chi connectivity index (χ0n) is 14.4. The first-order chi connectivity index (χ1) is 12.3. The zero-order valence-corrected chi connectivity index (χ0v) is 14.4. The van der Waals surface area contributed by atoms with E-state index in [9.17, 15) is 0 Å². The molecule has 5 heteroatoms. The van der Waals surface area contributed by atoms with Crippen LogP contribution in [0.5, 0.6) is 0 Å². The van der Waals surface area contributed by atoms with Crippen molar-refractivity contribution in [2.75, 3.05) is 24.7 Å². The molecular formula is C20H22N4O. The lowest BCUT2D eigenvalue weighted by molar-refractivity contribution is -0.0293. The van der Waals surface area contributed by atoms with E-state index in [-0.39, 0.29) is 0 Å². The largest absolute Gasteiger partial charge is 0.381 e. The molecule has 1 N–H and O–H groups in total. The Kier molecular flexibility index (Phi) is 3.31. The highest BCUT2D eigenvalue weighted by Gasteiger charge is 2.54. The second-order valence-electron chi connectivity index (χ2n) is 7.25. The first-order valence-corrected chi connectivity index (χ1v) is 8.98. The standard InChI is InChI=1S/C20H22N4O/c1-14-22-18-16(7-10-21-18)19(23-14)24-13-20(8-11-25-12-9-20)17(24)15-5-3-2-4-6-15/h2-7,10,17H,8-9,11-13H2,1H3,(H,21,22,23). The van der Waals surface area contributed by atoms with Gasteiger partial charge in [-0.05, 0) is 31.4 Å². The van der Waals surface area contributed by atoms with Gasteiger partial charge in [-0.3, -0.25) is 0 Å². The fourth-order valence-electron chi connectivity index (χ4n) is 4.56. The lowest BCUT2D eigenvalue weighted by Gasteiger charge is -2.60. The summed E-state index contributed by atoms with van der Waals surface area (Å²) in [6.45, 7) is 4.72. The minimum absolute atomic E-state index is 0.293. The van der Waals surface area contributed by atoms with Gasteiger partial charge in [0.25, 0.3) is 0 Å². The van der Waals surface area contributed by atoms with Crippen molar-refractivity contribution >= 4 is 16.9 Å². The molecule has 1 unspecified atom stereocenters. The van der Waals surface area contributed by atoms with Crippen LogP contribution in [-0.4, -0.2) is 34.7 Å². The van der Waals surface area contributed by atoms with Crippen LogP contribution in [0.2, 0.25) is 0 Å². The highest BCUT2D eigenvalue weighted by atomic mass is 16.5. The van der Waals surface area contributed by atoms with Crippen LogP contribution in [-0.2, 0) is 4.74 Å². The van der Waals surface area contributed by atoms with Crippen molar-refractivity contribution < 1.29 is 4.74 Å². The number of aromatic nitrogens is 3. The van der Waals surface area contributed by atoms with Crippen LogP contribution in [0.1, 0.15) is 30.3 Å². The molecule has 0 aliphatic carbocycles. The van der Waals surface area contributed by atoms with Gasteiger partial charge >= 0.3 is 0 Å². The van der Waals surface area contributed by atoms with Crippen molar-refractivity contribution in [3.63, 3.8) is 0 Å². The quantitative estimate of drug-likeness (QED) is 0.778. The predicted molar refractivity (Wildman–Crippen MR) is 97.6 cm³/mol. The van der Waals surface area contributed by atoms with Gasteiger partial charge in [0.2, 0.25) is 0 Å². The third-order valence-electron chi connectivity index (χ3n) is 5.76. The minimum Gasteiger partial charge on any atom is -0.381 e. The number of aryl methyl sites for hydroxylation is 1. The Hall–Kier alpha value is -2.40. The summed E-state index contributed by atoms with van der Waals surface area (Å²) in [5.74, 6) is 1.86. The van der Waals surface area contributed by atoms with Crippen molar-refractivity contribution in [3.8, 4) is 0 Å². The Labute approximate surface area is 147 Å². The zero-order chi connectivity index (χ0) is 16.9. The molecule has 0 bridgehead atoms. The molecule has 128 valence electrons. The number of anilines is 1. The number of rotatable bonds is 2. The van der Waals surface area contributed by atoms with Crippen LogP contribution in [0.25, 0.3) is 11.0 Å². The van der Waals surface area contributed by atoms with Gasteiger partial charge in [-0.25, -0.2) is 9.97 Å². The van der Waals surface area contributed by atoms with Crippen LogP contribution < -0.4 is 4.90 Å². The first-order valence-electron chi connectivity index (χ1n) is 8.98. The van der Waals surface area contributed by atoms with Gasteiger partial charge in [-0.1, -0.05) is 30.3 Å². The van der Waals surface area contributed by atoms with Gasteiger partial charge in [-0.2, -0.15) is 0 Å². The van der Waals surface area contributed by atoms with Gasteiger partial charge in [0, 0.05) is 31.4 Å². The molecule has 5 nitrogen and oxygen atoms in total. The molecule has 0 amide bonds. The Morgan fingerprint density at radius 1 is 1.12 bits per heavy atom. The molecule has 2 fully saturated rings. The van der Waals surface area contributed by atoms with Gasteiger partial charge in [-0.15, -0.1) is 0 Å². The van der Waals surface area contributed by atoms with E-state index in [1.165, 1.54) is 5.56 Å². The van der Waals surface area contributed by atoms with Gasteiger partial charge in [0.1, 0.15) is 17.3 Å². The molecule has 4 heterocycles. The lowest BCUT2D eigenvalue weighted by atomic mass is 9.64. The maximum absolute atomic E-state index is 5.65. The first kappa shape index (κ1) is 14.9. The summed E-state index contributed by atoms with van der Waals surface area (Å²) in [4.78, 5) is 15.0. The van der Waals surface area contributed by atoms with Crippen LogP contribution in [0.4, 0.5) is 5.82 Å². The van der Waals surface area contributed by atoms with E-state index in [4.69, 9.17) is 9.72 Å². The fraction of sp³-hybridized carbons (Fsp3) is 0.400. The number of benzene rings is 1. The summed E-state index contributed by atoms with van der Waals surface area (Å²) >= 11 is 0. The van der Waals surface area contributed by atoms with E-state index in [1.54, 1.807) is 0 Å². The van der Waals surface area contributed by atoms with E-state index in [2.05, 4.69) is 51.3 Å². The number of ether oxygens (including phenoxy) is 1. The van der Waals surface area contributed by atoms with E-state index >= 15 is 0 Å². The van der Waals surface area contributed by atoms with Crippen molar-refractivity contribution in [1.29, 1.82) is 0 Å². The Morgan fingerprint density at radius 2 is 1.92 bits per heavy atom. The number of hydrogen-bond donors (Lipinski definition) is 1. The predicted octanol–water partition coefficient (Wildman–Crippen LogP) is 3.62. The Morgan fingerprint density at radius 3 is 2.72 bits per heavy atom. The number of hydrogen-bond acceptors (Lipinski definition) is 4. The number of aromatic amines is 1. The van der Waals surface area contributed by atoms with E-state index < -0.39 is 0 Å². The Balaban J connectivity index is 1.62. The topological polar surface area (TPSA) is 54.0 Å². The smallest absolute Gasteiger partial charge is 0.143 e.